The third-order valence-electron chi connectivity index (χ3n) is 8.12. The van der Waals surface area contributed by atoms with Crippen LogP contribution in [0.15, 0.2) is 70.6 Å². The molecule has 2 heteroatoms. The molecule has 41 heavy (non-hydrogen) atoms. The zero-order chi connectivity index (χ0) is 29.3. The Morgan fingerprint density at radius 3 is 2.00 bits per heavy atom. The number of rotatable bonds is 18. The van der Waals surface area contributed by atoms with Gasteiger partial charge in [-0.25, -0.2) is 0 Å². The first-order valence-corrected chi connectivity index (χ1v) is 16.5. The topological polar surface area (TPSA) is 24.7 Å². The van der Waals surface area contributed by atoms with Crippen LogP contribution >= 0.6 is 0 Å². The fourth-order valence-corrected chi connectivity index (χ4v) is 5.51. The highest BCUT2D eigenvalue weighted by atomic mass is 14.8. The minimum Gasteiger partial charge on any atom is -0.255 e. The molecular weight excluding hydrogens is 496 g/mol. The van der Waals surface area contributed by atoms with Crippen molar-refractivity contribution >= 4 is 23.3 Å². The fraction of sp³-hybridized carbons (Fsp3) is 0.487. The molecule has 0 saturated heterocycles. The van der Waals surface area contributed by atoms with Crippen LogP contribution < -0.4 is 0 Å². The summed E-state index contributed by atoms with van der Waals surface area (Å²) in [5.41, 5.74) is 11.5. The van der Waals surface area contributed by atoms with Crippen LogP contribution in [0.5, 0.6) is 0 Å². The summed E-state index contributed by atoms with van der Waals surface area (Å²) in [5, 5.41) is 0. The SMILES string of the molecule is CCCCCCCCc1c(CCCC)cc(N=CC(CC)=Nc2ccc(C)c(CCCC)c2)cc1-c1ccccc1. The predicted molar refractivity (Wildman–Crippen MR) is 183 cm³/mol. The fourth-order valence-electron chi connectivity index (χ4n) is 5.51. The zero-order valence-electron chi connectivity index (χ0n) is 26.6. The molecule has 0 aliphatic carbocycles. The van der Waals surface area contributed by atoms with Gasteiger partial charge in [-0.3, -0.25) is 9.98 Å². The molecule has 2 nitrogen and oxygen atoms in total. The molecule has 3 rings (SSSR count). The second-order valence-electron chi connectivity index (χ2n) is 11.5. The van der Waals surface area contributed by atoms with E-state index in [1.54, 1.807) is 0 Å². The monoisotopic (exact) mass is 550 g/mol. The Hall–Kier alpha value is -3.00. The van der Waals surface area contributed by atoms with E-state index >= 15 is 0 Å². The van der Waals surface area contributed by atoms with Gasteiger partial charge in [0.15, 0.2) is 0 Å². The molecule has 0 aliphatic rings. The Bertz CT molecular complexity index is 1240. The van der Waals surface area contributed by atoms with E-state index in [9.17, 15) is 0 Å². The van der Waals surface area contributed by atoms with Gasteiger partial charge < -0.3 is 0 Å². The number of aliphatic imine (C=N–C) groups is 2. The Balaban J connectivity index is 1.93. The lowest BCUT2D eigenvalue weighted by Crippen LogP contribution is -2.00. The quantitative estimate of drug-likeness (QED) is 0.111. The number of hydrogen-bond donors (Lipinski definition) is 0. The summed E-state index contributed by atoms with van der Waals surface area (Å²) in [7, 11) is 0. The van der Waals surface area contributed by atoms with Gasteiger partial charge in [-0.2, -0.15) is 0 Å². The van der Waals surface area contributed by atoms with Crippen LogP contribution in [-0.4, -0.2) is 11.9 Å². The summed E-state index contributed by atoms with van der Waals surface area (Å²) in [6.07, 6.45) is 19.0. The molecule has 0 atom stereocenters. The van der Waals surface area contributed by atoms with Crippen LogP contribution in [0.4, 0.5) is 11.4 Å². The molecule has 0 spiro atoms. The van der Waals surface area contributed by atoms with Gasteiger partial charge in [0, 0.05) is 6.21 Å². The van der Waals surface area contributed by atoms with E-state index in [2.05, 4.69) is 95.3 Å². The van der Waals surface area contributed by atoms with Gasteiger partial charge in [0.1, 0.15) is 0 Å². The van der Waals surface area contributed by atoms with Crippen molar-refractivity contribution in [3.8, 4) is 11.1 Å². The third kappa shape index (κ3) is 10.7. The van der Waals surface area contributed by atoms with Crippen molar-refractivity contribution in [3.05, 3.63) is 82.9 Å². The number of unbranched alkanes of at least 4 members (excludes halogenated alkanes) is 7. The highest BCUT2D eigenvalue weighted by Gasteiger charge is 2.13. The van der Waals surface area contributed by atoms with Crippen LogP contribution in [0.1, 0.15) is 121 Å². The van der Waals surface area contributed by atoms with Gasteiger partial charge in [-0.15, -0.1) is 0 Å². The average Bonchev–Trinajstić information content (AvgIpc) is 3.00. The summed E-state index contributed by atoms with van der Waals surface area (Å²) in [4.78, 5) is 10.0. The Labute approximate surface area is 251 Å². The smallest absolute Gasteiger partial charge is 0.0639 e. The van der Waals surface area contributed by atoms with E-state index in [1.165, 1.54) is 97.6 Å². The normalized spacial score (nSPS) is 12.0. The van der Waals surface area contributed by atoms with Gasteiger partial charge in [0.05, 0.1) is 17.1 Å². The highest BCUT2D eigenvalue weighted by molar-refractivity contribution is 6.31. The van der Waals surface area contributed by atoms with Crippen LogP contribution in [0, 0.1) is 6.92 Å². The molecular formula is C39H54N2. The van der Waals surface area contributed by atoms with E-state index in [-0.39, 0.29) is 0 Å². The molecule has 0 heterocycles. The molecule has 0 radical (unpaired) electrons. The number of aryl methyl sites for hydroxylation is 3. The Morgan fingerprint density at radius 2 is 1.29 bits per heavy atom. The molecule has 0 bridgehead atoms. The predicted octanol–water partition coefficient (Wildman–Crippen LogP) is 12.1. The third-order valence-corrected chi connectivity index (χ3v) is 8.12. The first-order valence-electron chi connectivity index (χ1n) is 16.5. The molecule has 0 N–H and O–H groups in total. The molecule has 0 fully saturated rings. The maximum Gasteiger partial charge on any atom is 0.0639 e. The number of nitrogens with zero attached hydrogens (tertiary/aromatic N) is 2. The van der Waals surface area contributed by atoms with Gasteiger partial charge >= 0.3 is 0 Å². The van der Waals surface area contributed by atoms with Crippen molar-refractivity contribution in [2.45, 2.75) is 125 Å². The first-order chi connectivity index (χ1) is 20.1. The molecule has 0 amide bonds. The molecule has 0 aromatic heterocycles. The second-order valence-corrected chi connectivity index (χ2v) is 11.5. The largest absolute Gasteiger partial charge is 0.255 e. The molecule has 3 aromatic rings. The minimum atomic E-state index is 0.853. The lowest BCUT2D eigenvalue weighted by Gasteiger charge is -2.17. The van der Waals surface area contributed by atoms with Crippen molar-refractivity contribution in [2.24, 2.45) is 9.98 Å². The molecule has 0 saturated carbocycles. The Kier molecular flexibility index (Phi) is 14.6. The van der Waals surface area contributed by atoms with E-state index in [1.807, 2.05) is 6.21 Å². The van der Waals surface area contributed by atoms with E-state index < -0.39 is 0 Å². The molecule has 3 aromatic carbocycles. The van der Waals surface area contributed by atoms with E-state index in [4.69, 9.17) is 9.98 Å². The average molecular weight is 551 g/mol. The molecule has 220 valence electrons. The first kappa shape index (κ1) is 32.5. The summed E-state index contributed by atoms with van der Waals surface area (Å²) < 4.78 is 0. The summed E-state index contributed by atoms with van der Waals surface area (Å²) in [5.74, 6) is 0. The van der Waals surface area contributed by atoms with Crippen LogP contribution in [0.2, 0.25) is 0 Å². The van der Waals surface area contributed by atoms with Crippen molar-refractivity contribution in [3.63, 3.8) is 0 Å². The van der Waals surface area contributed by atoms with E-state index in [0.717, 1.165) is 42.8 Å². The lowest BCUT2D eigenvalue weighted by atomic mass is 9.89. The van der Waals surface area contributed by atoms with Gasteiger partial charge in [0.25, 0.3) is 0 Å². The molecule has 0 aliphatic heterocycles. The van der Waals surface area contributed by atoms with Gasteiger partial charge in [0.2, 0.25) is 0 Å². The van der Waals surface area contributed by atoms with Crippen molar-refractivity contribution in [2.75, 3.05) is 0 Å². The molecule has 0 unspecified atom stereocenters. The summed E-state index contributed by atoms with van der Waals surface area (Å²) in [6, 6.07) is 22.2. The second kappa shape index (κ2) is 18.4. The standard InChI is InChI=1S/C39H54N2/c1-6-10-13-14-15-19-24-38-34(21-12-8-3)28-37(29-39(38)32-22-17-16-18-23-32)40-30-35(9-4)41-36-26-25-31(5)33(27-36)20-11-7-2/h16-18,22-23,25-30H,6-15,19-21,24H2,1-5H3. The maximum atomic E-state index is 5.03. The van der Waals surface area contributed by atoms with Gasteiger partial charge in [-0.1, -0.05) is 109 Å². The van der Waals surface area contributed by atoms with Crippen molar-refractivity contribution in [1.29, 1.82) is 0 Å². The van der Waals surface area contributed by atoms with Crippen LogP contribution in [-0.2, 0) is 19.3 Å². The highest BCUT2D eigenvalue weighted by Crippen LogP contribution is 2.34. The minimum absolute atomic E-state index is 0.853. The summed E-state index contributed by atoms with van der Waals surface area (Å²) >= 11 is 0. The number of benzene rings is 3. The van der Waals surface area contributed by atoms with Crippen LogP contribution in [0.25, 0.3) is 11.1 Å². The van der Waals surface area contributed by atoms with E-state index in [0.29, 0.717) is 0 Å². The number of hydrogen-bond acceptors (Lipinski definition) is 2. The zero-order valence-corrected chi connectivity index (χ0v) is 26.6. The van der Waals surface area contributed by atoms with Crippen molar-refractivity contribution < 1.29 is 0 Å². The van der Waals surface area contributed by atoms with Crippen molar-refractivity contribution in [1.82, 2.24) is 0 Å². The van der Waals surface area contributed by atoms with Crippen LogP contribution in [0.3, 0.4) is 0 Å². The summed E-state index contributed by atoms with van der Waals surface area (Å²) in [6.45, 7) is 11.2. The Morgan fingerprint density at radius 1 is 0.634 bits per heavy atom. The lowest BCUT2D eigenvalue weighted by molar-refractivity contribution is 0.606. The van der Waals surface area contributed by atoms with Gasteiger partial charge in [-0.05, 0) is 110 Å². The maximum absolute atomic E-state index is 5.03.